The highest BCUT2D eigenvalue weighted by molar-refractivity contribution is 5.81. The predicted octanol–water partition coefficient (Wildman–Crippen LogP) is 0.446. The molecule has 15 heavy (non-hydrogen) atoms. The molecule has 1 fully saturated rings. The Hall–Kier alpha value is -1.49. The van der Waals surface area contributed by atoms with Gasteiger partial charge in [0.05, 0.1) is 13.2 Å². The molecule has 1 N–H and O–H groups in total. The molecule has 80 valence electrons. The van der Waals surface area contributed by atoms with Crippen LogP contribution in [-0.4, -0.2) is 34.3 Å². The van der Waals surface area contributed by atoms with Crippen LogP contribution in [0.2, 0.25) is 0 Å². The summed E-state index contributed by atoms with van der Waals surface area (Å²) in [6.07, 6.45) is 0. The minimum atomic E-state index is -1.03. The van der Waals surface area contributed by atoms with E-state index in [2.05, 4.69) is 9.97 Å². The van der Waals surface area contributed by atoms with Gasteiger partial charge in [0.25, 0.3) is 0 Å². The van der Waals surface area contributed by atoms with Crippen molar-refractivity contribution in [3.63, 3.8) is 0 Å². The van der Waals surface area contributed by atoms with Crippen LogP contribution in [0.4, 0.5) is 0 Å². The summed E-state index contributed by atoms with van der Waals surface area (Å²) in [5.41, 5.74) is 0.534. The highest BCUT2D eigenvalue weighted by Gasteiger charge is 2.50. The smallest absolute Gasteiger partial charge is 0.322 e. The number of carboxylic acids is 1. The molecule has 2 heterocycles. The van der Waals surface area contributed by atoms with Gasteiger partial charge in [0.1, 0.15) is 0 Å². The van der Waals surface area contributed by atoms with Crippen LogP contribution in [0.5, 0.6) is 0 Å². The van der Waals surface area contributed by atoms with Gasteiger partial charge in [-0.15, -0.1) is 0 Å². The zero-order valence-corrected chi connectivity index (χ0v) is 8.65. The number of hydrogen-bond acceptors (Lipinski definition) is 4. The van der Waals surface area contributed by atoms with E-state index in [9.17, 15) is 4.79 Å². The Kier molecular flexibility index (Phi) is 2.19. The van der Waals surface area contributed by atoms with Crippen molar-refractivity contribution in [1.82, 2.24) is 9.97 Å². The summed E-state index contributed by atoms with van der Waals surface area (Å²) < 4.78 is 4.97. The van der Waals surface area contributed by atoms with Crippen molar-refractivity contribution in [1.29, 1.82) is 0 Å². The van der Waals surface area contributed by atoms with E-state index in [1.807, 2.05) is 19.9 Å². The second-order valence-corrected chi connectivity index (χ2v) is 3.85. The number of ether oxygens (including phenoxy) is 1. The molecule has 0 aliphatic carbocycles. The maximum absolute atomic E-state index is 11.2. The molecule has 0 spiro atoms. The van der Waals surface area contributed by atoms with Crippen LogP contribution >= 0.6 is 0 Å². The lowest BCUT2D eigenvalue weighted by atomic mass is 9.85. The van der Waals surface area contributed by atoms with E-state index in [1.165, 1.54) is 0 Å². The standard InChI is InChI=1S/C10H12N2O3/c1-6-3-7(2)12-8(11-6)10(9(13)14)4-15-5-10/h3H,4-5H2,1-2H3,(H,13,14). The summed E-state index contributed by atoms with van der Waals surface area (Å²) in [7, 11) is 0. The average molecular weight is 208 g/mol. The summed E-state index contributed by atoms with van der Waals surface area (Å²) in [6.45, 7) is 3.97. The number of rotatable bonds is 2. The number of aromatic nitrogens is 2. The van der Waals surface area contributed by atoms with Gasteiger partial charge in [0.15, 0.2) is 11.2 Å². The van der Waals surface area contributed by atoms with Gasteiger partial charge in [0.2, 0.25) is 0 Å². The largest absolute Gasteiger partial charge is 0.480 e. The second kappa shape index (κ2) is 3.27. The molecule has 0 amide bonds. The Balaban J connectivity index is 2.47. The Morgan fingerprint density at radius 1 is 1.40 bits per heavy atom. The molecule has 0 radical (unpaired) electrons. The minimum Gasteiger partial charge on any atom is -0.480 e. The molecule has 0 saturated carbocycles. The highest BCUT2D eigenvalue weighted by Crippen LogP contribution is 2.30. The lowest BCUT2D eigenvalue weighted by Gasteiger charge is -2.35. The summed E-state index contributed by atoms with van der Waals surface area (Å²) in [5.74, 6) is -0.558. The summed E-state index contributed by atoms with van der Waals surface area (Å²) >= 11 is 0. The third kappa shape index (κ3) is 1.48. The zero-order valence-electron chi connectivity index (χ0n) is 8.65. The van der Waals surface area contributed by atoms with Crippen molar-refractivity contribution < 1.29 is 14.6 Å². The first-order valence-corrected chi connectivity index (χ1v) is 4.68. The third-order valence-corrected chi connectivity index (χ3v) is 2.52. The maximum Gasteiger partial charge on any atom is 0.322 e. The lowest BCUT2D eigenvalue weighted by Crippen LogP contribution is -2.54. The van der Waals surface area contributed by atoms with E-state index < -0.39 is 11.4 Å². The predicted molar refractivity (Wildman–Crippen MR) is 51.6 cm³/mol. The van der Waals surface area contributed by atoms with Crippen LogP contribution in [0.25, 0.3) is 0 Å². The fourth-order valence-corrected chi connectivity index (χ4v) is 1.59. The van der Waals surface area contributed by atoms with Crippen LogP contribution in [0.3, 0.4) is 0 Å². The first kappa shape index (κ1) is 10.0. The Morgan fingerprint density at radius 3 is 2.27 bits per heavy atom. The van der Waals surface area contributed by atoms with Gasteiger partial charge in [0, 0.05) is 11.4 Å². The molecule has 5 nitrogen and oxygen atoms in total. The van der Waals surface area contributed by atoms with E-state index in [4.69, 9.17) is 9.84 Å². The van der Waals surface area contributed by atoms with Gasteiger partial charge in [-0.25, -0.2) is 9.97 Å². The molecular formula is C10H12N2O3. The minimum absolute atomic E-state index is 0.158. The molecule has 0 bridgehead atoms. The van der Waals surface area contributed by atoms with Gasteiger partial charge in [-0.3, -0.25) is 4.79 Å². The van der Waals surface area contributed by atoms with E-state index in [-0.39, 0.29) is 13.2 Å². The lowest BCUT2D eigenvalue weighted by molar-refractivity contribution is -0.164. The number of aryl methyl sites for hydroxylation is 2. The van der Waals surface area contributed by atoms with Gasteiger partial charge < -0.3 is 9.84 Å². The molecule has 1 saturated heterocycles. The average Bonchev–Trinajstić information content (AvgIpc) is 1.97. The molecule has 1 aromatic heterocycles. The van der Waals surface area contributed by atoms with Crippen LogP contribution < -0.4 is 0 Å². The highest BCUT2D eigenvalue weighted by atomic mass is 16.5. The number of nitrogens with zero attached hydrogens (tertiary/aromatic N) is 2. The van der Waals surface area contributed by atoms with Crippen molar-refractivity contribution in [2.75, 3.05) is 13.2 Å². The van der Waals surface area contributed by atoms with Crippen LogP contribution in [0, 0.1) is 13.8 Å². The first-order valence-electron chi connectivity index (χ1n) is 4.68. The van der Waals surface area contributed by atoms with Gasteiger partial charge in [-0.2, -0.15) is 0 Å². The maximum atomic E-state index is 11.2. The summed E-state index contributed by atoms with van der Waals surface area (Å²) in [5, 5.41) is 9.16. The molecular weight excluding hydrogens is 196 g/mol. The monoisotopic (exact) mass is 208 g/mol. The van der Waals surface area contributed by atoms with Crippen molar-refractivity contribution in [2.24, 2.45) is 0 Å². The van der Waals surface area contributed by atoms with Gasteiger partial charge in [-0.1, -0.05) is 0 Å². The molecule has 0 unspecified atom stereocenters. The normalized spacial score (nSPS) is 18.3. The van der Waals surface area contributed by atoms with Crippen LogP contribution in [-0.2, 0) is 14.9 Å². The molecule has 1 aromatic rings. The van der Waals surface area contributed by atoms with Crippen LogP contribution in [0.15, 0.2) is 6.07 Å². The molecule has 1 aliphatic heterocycles. The quantitative estimate of drug-likeness (QED) is 0.763. The molecule has 5 heteroatoms. The van der Waals surface area contributed by atoms with E-state index in [0.717, 1.165) is 11.4 Å². The fraction of sp³-hybridized carbons (Fsp3) is 0.500. The van der Waals surface area contributed by atoms with Gasteiger partial charge >= 0.3 is 5.97 Å². The van der Waals surface area contributed by atoms with Crippen molar-refractivity contribution >= 4 is 5.97 Å². The molecule has 1 aliphatic rings. The Labute approximate surface area is 87.1 Å². The van der Waals surface area contributed by atoms with Crippen molar-refractivity contribution in [3.8, 4) is 0 Å². The Morgan fingerprint density at radius 2 is 1.93 bits per heavy atom. The molecule has 2 rings (SSSR count). The second-order valence-electron chi connectivity index (χ2n) is 3.85. The van der Waals surface area contributed by atoms with Gasteiger partial charge in [-0.05, 0) is 19.9 Å². The van der Waals surface area contributed by atoms with Crippen molar-refractivity contribution in [2.45, 2.75) is 19.3 Å². The number of carboxylic acid groups (broad SMARTS) is 1. The number of aliphatic carboxylic acids is 1. The number of hydrogen-bond donors (Lipinski definition) is 1. The Bertz CT molecular complexity index is 393. The van der Waals surface area contributed by atoms with Crippen molar-refractivity contribution in [3.05, 3.63) is 23.3 Å². The first-order chi connectivity index (χ1) is 7.04. The zero-order chi connectivity index (χ0) is 11.1. The van der Waals surface area contributed by atoms with E-state index in [1.54, 1.807) is 0 Å². The fourth-order valence-electron chi connectivity index (χ4n) is 1.59. The summed E-state index contributed by atoms with van der Waals surface area (Å²) in [4.78, 5) is 19.5. The topological polar surface area (TPSA) is 72.3 Å². The SMILES string of the molecule is Cc1cc(C)nc(C2(C(=O)O)COC2)n1. The van der Waals surface area contributed by atoms with Crippen LogP contribution in [0.1, 0.15) is 17.2 Å². The van der Waals surface area contributed by atoms with E-state index >= 15 is 0 Å². The number of carbonyl (C=O) groups is 1. The molecule has 0 atom stereocenters. The van der Waals surface area contributed by atoms with E-state index in [0.29, 0.717) is 5.82 Å². The summed E-state index contributed by atoms with van der Waals surface area (Å²) in [6, 6.07) is 1.82. The third-order valence-electron chi connectivity index (χ3n) is 2.52. The molecule has 0 aromatic carbocycles.